The van der Waals surface area contributed by atoms with Gasteiger partial charge in [-0.15, -0.1) is 0 Å². The topological polar surface area (TPSA) is 49.5 Å². The highest BCUT2D eigenvalue weighted by Gasteiger charge is 2.19. The molecule has 2 rings (SSSR count). The highest BCUT2D eigenvalue weighted by molar-refractivity contribution is 5.25. The van der Waals surface area contributed by atoms with Crippen molar-refractivity contribution in [3.05, 3.63) is 29.8 Å². The number of nitrogens with zero attached hydrogens (tertiary/aromatic N) is 1. The molecule has 1 aliphatic rings. The number of phenolic OH excluding ortho intramolecular Hbond substituents is 1. The number of nitrogens with two attached hydrogens (primary N) is 1. The molecule has 20 heavy (non-hydrogen) atoms. The first-order chi connectivity index (χ1) is 9.79. The Hall–Kier alpha value is -1.06. The molecule has 0 atom stereocenters. The smallest absolute Gasteiger partial charge is 0.115 e. The van der Waals surface area contributed by atoms with E-state index in [0.717, 1.165) is 26.1 Å². The molecule has 0 spiro atoms. The van der Waals surface area contributed by atoms with Crippen LogP contribution in [0.5, 0.6) is 5.75 Å². The molecule has 0 aromatic heterocycles. The van der Waals surface area contributed by atoms with Crippen LogP contribution in [0.1, 0.15) is 50.5 Å². The van der Waals surface area contributed by atoms with Crippen LogP contribution in [-0.2, 0) is 6.54 Å². The van der Waals surface area contributed by atoms with Gasteiger partial charge in [-0.2, -0.15) is 0 Å². The number of rotatable bonds is 6. The average molecular weight is 276 g/mol. The van der Waals surface area contributed by atoms with Gasteiger partial charge >= 0.3 is 0 Å². The molecule has 3 heteroatoms. The van der Waals surface area contributed by atoms with E-state index in [9.17, 15) is 5.11 Å². The molecule has 0 unspecified atom stereocenters. The molecule has 0 saturated heterocycles. The van der Waals surface area contributed by atoms with Crippen molar-refractivity contribution in [2.75, 3.05) is 13.1 Å². The van der Waals surface area contributed by atoms with Gasteiger partial charge in [0.2, 0.25) is 0 Å². The molecule has 3 nitrogen and oxygen atoms in total. The van der Waals surface area contributed by atoms with Crippen LogP contribution in [0.2, 0.25) is 0 Å². The maximum absolute atomic E-state index is 9.39. The van der Waals surface area contributed by atoms with Crippen LogP contribution in [0.3, 0.4) is 0 Å². The Kier molecular flexibility index (Phi) is 6.34. The maximum Gasteiger partial charge on any atom is 0.115 e. The standard InChI is InChI=1S/C17H28N2O/c18-12-5-13-19(16-6-3-1-2-4-7-16)14-15-8-10-17(20)11-9-15/h8-11,16,20H,1-7,12-14,18H2. The van der Waals surface area contributed by atoms with Gasteiger partial charge in [-0.25, -0.2) is 0 Å². The number of benzene rings is 1. The van der Waals surface area contributed by atoms with Crippen LogP contribution >= 0.6 is 0 Å². The summed E-state index contributed by atoms with van der Waals surface area (Å²) in [5.41, 5.74) is 6.97. The minimum Gasteiger partial charge on any atom is -0.508 e. The zero-order valence-corrected chi connectivity index (χ0v) is 12.4. The molecule has 1 aromatic carbocycles. The van der Waals surface area contributed by atoms with Crippen LogP contribution < -0.4 is 5.73 Å². The summed E-state index contributed by atoms with van der Waals surface area (Å²) in [4.78, 5) is 2.60. The van der Waals surface area contributed by atoms with E-state index in [4.69, 9.17) is 5.73 Å². The van der Waals surface area contributed by atoms with E-state index in [0.29, 0.717) is 11.8 Å². The molecular formula is C17H28N2O. The number of hydrogen-bond acceptors (Lipinski definition) is 3. The molecule has 0 radical (unpaired) electrons. The fourth-order valence-corrected chi connectivity index (χ4v) is 3.14. The van der Waals surface area contributed by atoms with Crippen molar-refractivity contribution in [2.24, 2.45) is 5.73 Å². The third-order valence-corrected chi connectivity index (χ3v) is 4.31. The summed E-state index contributed by atoms with van der Waals surface area (Å²) in [5.74, 6) is 0.344. The van der Waals surface area contributed by atoms with Crippen LogP contribution in [0.25, 0.3) is 0 Å². The number of aromatic hydroxyl groups is 1. The van der Waals surface area contributed by atoms with E-state index in [1.165, 1.54) is 44.1 Å². The Morgan fingerprint density at radius 1 is 1.05 bits per heavy atom. The Labute approximate surface area is 122 Å². The summed E-state index contributed by atoms with van der Waals surface area (Å²) in [6.07, 6.45) is 9.21. The Balaban J connectivity index is 1.99. The van der Waals surface area contributed by atoms with Crippen molar-refractivity contribution < 1.29 is 5.11 Å². The first-order valence-electron chi connectivity index (χ1n) is 8.01. The molecule has 0 bridgehead atoms. The lowest BCUT2D eigenvalue weighted by Gasteiger charge is -2.31. The van der Waals surface area contributed by atoms with E-state index in [2.05, 4.69) is 4.90 Å². The second kappa shape index (κ2) is 8.28. The first-order valence-corrected chi connectivity index (χ1v) is 8.01. The predicted octanol–water partition coefficient (Wildman–Crippen LogP) is 3.27. The van der Waals surface area contributed by atoms with Gasteiger partial charge in [0.1, 0.15) is 5.75 Å². The van der Waals surface area contributed by atoms with Crippen molar-refractivity contribution >= 4 is 0 Å². The second-order valence-electron chi connectivity index (χ2n) is 5.92. The Morgan fingerprint density at radius 3 is 2.30 bits per heavy atom. The van der Waals surface area contributed by atoms with Crippen LogP contribution in [0.4, 0.5) is 0 Å². The summed E-state index contributed by atoms with van der Waals surface area (Å²) in [7, 11) is 0. The zero-order chi connectivity index (χ0) is 14.2. The van der Waals surface area contributed by atoms with Crippen molar-refractivity contribution in [3.8, 4) is 5.75 Å². The lowest BCUT2D eigenvalue weighted by Crippen LogP contribution is -2.36. The SMILES string of the molecule is NCCCN(Cc1ccc(O)cc1)C1CCCCCC1. The van der Waals surface area contributed by atoms with Gasteiger partial charge < -0.3 is 10.8 Å². The van der Waals surface area contributed by atoms with Crippen molar-refractivity contribution in [3.63, 3.8) is 0 Å². The summed E-state index contributed by atoms with van der Waals surface area (Å²) in [6.45, 7) is 2.83. The lowest BCUT2D eigenvalue weighted by atomic mass is 10.1. The lowest BCUT2D eigenvalue weighted by molar-refractivity contribution is 0.169. The third-order valence-electron chi connectivity index (χ3n) is 4.31. The van der Waals surface area contributed by atoms with Gasteiger partial charge in [0, 0.05) is 12.6 Å². The van der Waals surface area contributed by atoms with Crippen LogP contribution in [0.15, 0.2) is 24.3 Å². The van der Waals surface area contributed by atoms with Gasteiger partial charge in [0.15, 0.2) is 0 Å². The molecule has 0 aliphatic heterocycles. The fraction of sp³-hybridized carbons (Fsp3) is 0.647. The predicted molar refractivity (Wildman–Crippen MR) is 83.7 cm³/mol. The fourth-order valence-electron chi connectivity index (χ4n) is 3.14. The van der Waals surface area contributed by atoms with Gasteiger partial charge in [-0.3, -0.25) is 4.90 Å². The van der Waals surface area contributed by atoms with E-state index < -0.39 is 0 Å². The molecule has 1 saturated carbocycles. The molecule has 1 aliphatic carbocycles. The van der Waals surface area contributed by atoms with Gasteiger partial charge in [-0.1, -0.05) is 37.8 Å². The van der Waals surface area contributed by atoms with Crippen molar-refractivity contribution in [1.82, 2.24) is 4.90 Å². The molecule has 1 fully saturated rings. The molecule has 0 heterocycles. The van der Waals surface area contributed by atoms with Gasteiger partial charge in [-0.05, 0) is 50.0 Å². The number of hydrogen-bond donors (Lipinski definition) is 2. The second-order valence-corrected chi connectivity index (χ2v) is 5.92. The first kappa shape index (κ1) is 15.3. The minimum absolute atomic E-state index is 0.344. The summed E-state index contributed by atoms with van der Waals surface area (Å²) < 4.78 is 0. The Morgan fingerprint density at radius 2 is 1.70 bits per heavy atom. The largest absolute Gasteiger partial charge is 0.508 e. The summed E-state index contributed by atoms with van der Waals surface area (Å²) in [5, 5.41) is 9.39. The van der Waals surface area contributed by atoms with Gasteiger partial charge in [0.05, 0.1) is 0 Å². The molecule has 0 amide bonds. The maximum atomic E-state index is 9.39. The van der Waals surface area contributed by atoms with Crippen LogP contribution in [0, 0.1) is 0 Å². The molecular weight excluding hydrogens is 248 g/mol. The average Bonchev–Trinajstić information content (AvgIpc) is 2.74. The number of phenols is 1. The normalized spacial score (nSPS) is 17.3. The summed E-state index contributed by atoms with van der Waals surface area (Å²) >= 11 is 0. The van der Waals surface area contributed by atoms with E-state index >= 15 is 0 Å². The van der Waals surface area contributed by atoms with E-state index in [1.807, 2.05) is 12.1 Å². The summed E-state index contributed by atoms with van der Waals surface area (Å²) in [6, 6.07) is 8.33. The third kappa shape index (κ3) is 4.80. The highest BCUT2D eigenvalue weighted by atomic mass is 16.3. The molecule has 112 valence electrons. The van der Waals surface area contributed by atoms with Crippen LogP contribution in [-0.4, -0.2) is 29.1 Å². The van der Waals surface area contributed by atoms with Crippen molar-refractivity contribution in [2.45, 2.75) is 57.5 Å². The van der Waals surface area contributed by atoms with Gasteiger partial charge in [0.25, 0.3) is 0 Å². The van der Waals surface area contributed by atoms with E-state index in [-0.39, 0.29) is 0 Å². The zero-order valence-electron chi connectivity index (χ0n) is 12.4. The monoisotopic (exact) mass is 276 g/mol. The van der Waals surface area contributed by atoms with Crippen molar-refractivity contribution in [1.29, 1.82) is 0 Å². The minimum atomic E-state index is 0.344. The Bertz CT molecular complexity index is 369. The molecule has 3 N–H and O–H groups in total. The highest BCUT2D eigenvalue weighted by Crippen LogP contribution is 2.24. The van der Waals surface area contributed by atoms with E-state index in [1.54, 1.807) is 12.1 Å². The quantitative estimate of drug-likeness (QED) is 0.784. The molecule has 1 aromatic rings.